The SMILES string of the molecule is CC(C)CC1(O)CCN2CC(C)(c3ccccc3)CCC2C1. The van der Waals surface area contributed by atoms with Crippen LogP contribution in [0, 0.1) is 5.92 Å². The smallest absolute Gasteiger partial charge is 0.0677 e. The summed E-state index contributed by atoms with van der Waals surface area (Å²) in [6.45, 7) is 9.04. The van der Waals surface area contributed by atoms with E-state index < -0.39 is 5.60 Å². The Morgan fingerprint density at radius 1 is 1.23 bits per heavy atom. The van der Waals surface area contributed by atoms with Gasteiger partial charge < -0.3 is 5.11 Å². The van der Waals surface area contributed by atoms with Crippen LogP contribution in [-0.4, -0.2) is 34.7 Å². The van der Waals surface area contributed by atoms with Crippen molar-refractivity contribution in [1.29, 1.82) is 0 Å². The molecule has 0 amide bonds. The summed E-state index contributed by atoms with van der Waals surface area (Å²) in [4.78, 5) is 2.64. The number of fused-ring (bicyclic) bond motifs is 1. The largest absolute Gasteiger partial charge is 0.390 e. The van der Waals surface area contributed by atoms with Crippen molar-refractivity contribution in [2.45, 2.75) is 69.9 Å². The Labute approximate surface area is 135 Å². The molecule has 3 atom stereocenters. The number of rotatable bonds is 3. The number of benzene rings is 1. The Morgan fingerprint density at radius 3 is 2.64 bits per heavy atom. The zero-order valence-electron chi connectivity index (χ0n) is 14.4. The fourth-order valence-electron chi connectivity index (χ4n) is 4.73. The van der Waals surface area contributed by atoms with E-state index in [1.807, 2.05) is 0 Å². The molecule has 3 rings (SSSR count). The van der Waals surface area contributed by atoms with Crippen molar-refractivity contribution in [3.8, 4) is 0 Å². The van der Waals surface area contributed by atoms with Crippen molar-refractivity contribution in [3.05, 3.63) is 35.9 Å². The maximum Gasteiger partial charge on any atom is 0.0677 e. The van der Waals surface area contributed by atoms with E-state index in [1.165, 1.54) is 18.4 Å². The van der Waals surface area contributed by atoms with Crippen molar-refractivity contribution >= 4 is 0 Å². The molecule has 2 aliphatic rings. The molecule has 1 aromatic carbocycles. The number of hydrogen-bond acceptors (Lipinski definition) is 2. The van der Waals surface area contributed by atoms with Gasteiger partial charge in [0, 0.05) is 24.5 Å². The maximum absolute atomic E-state index is 10.9. The van der Waals surface area contributed by atoms with Gasteiger partial charge in [0.25, 0.3) is 0 Å². The molecule has 2 heterocycles. The first kappa shape index (κ1) is 16.0. The molecule has 2 heteroatoms. The molecule has 122 valence electrons. The zero-order valence-corrected chi connectivity index (χ0v) is 14.4. The van der Waals surface area contributed by atoms with Gasteiger partial charge in [-0.3, -0.25) is 4.90 Å². The molecule has 0 spiro atoms. The first-order valence-corrected chi connectivity index (χ1v) is 8.92. The lowest BCUT2D eigenvalue weighted by molar-refractivity contribution is -0.0769. The summed E-state index contributed by atoms with van der Waals surface area (Å²) in [5.41, 5.74) is 1.32. The van der Waals surface area contributed by atoms with E-state index in [9.17, 15) is 5.11 Å². The van der Waals surface area contributed by atoms with Gasteiger partial charge in [-0.05, 0) is 43.6 Å². The summed E-state index contributed by atoms with van der Waals surface area (Å²) < 4.78 is 0. The summed E-state index contributed by atoms with van der Waals surface area (Å²) >= 11 is 0. The highest BCUT2D eigenvalue weighted by Gasteiger charge is 2.44. The molecule has 2 aliphatic heterocycles. The van der Waals surface area contributed by atoms with Crippen molar-refractivity contribution in [2.75, 3.05) is 13.1 Å². The van der Waals surface area contributed by atoms with Crippen molar-refractivity contribution < 1.29 is 5.11 Å². The fraction of sp³-hybridized carbons (Fsp3) is 0.700. The Kier molecular flexibility index (Phi) is 4.35. The molecular weight excluding hydrogens is 270 g/mol. The van der Waals surface area contributed by atoms with Crippen molar-refractivity contribution in [2.24, 2.45) is 5.92 Å². The molecule has 0 radical (unpaired) electrons. The quantitative estimate of drug-likeness (QED) is 0.913. The Hall–Kier alpha value is -0.860. The van der Waals surface area contributed by atoms with E-state index >= 15 is 0 Å². The van der Waals surface area contributed by atoms with E-state index in [0.717, 1.165) is 32.4 Å². The second-order valence-electron chi connectivity index (χ2n) is 8.37. The first-order valence-electron chi connectivity index (χ1n) is 8.92. The number of hydrogen-bond donors (Lipinski definition) is 1. The minimum atomic E-state index is -0.421. The minimum absolute atomic E-state index is 0.269. The van der Waals surface area contributed by atoms with E-state index in [4.69, 9.17) is 0 Å². The summed E-state index contributed by atoms with van der Waals surface area (Å²) in [6.07, 6.45) is 5.30. The lowest BCUT2D eigenvalue weighted by atomic mass is 9.70. The van der Waals surface area contributed by atoms with E-state index in [2.05, 4.69) is 56.0 Å². The van der Waals surface area contributed by atoms with Crippen LogP contribution in [0.25, 0.3) is 0 Å². The lowest BCUT2D eigenvalue weighted by Crippen LogP contribution is -2.57. The van der Waals surface area contributed by atoms with Crippen LogP contribution in [-0.2, 0) is 5.41 Å². The van der Waals surface area contributed by atoms with Crippen LogP contribution in [0.3, 0.4) is 0 Å². The van der Waals surface area contributed by atoms with Gasteiger partial charge in [-0.1, -0.05) is 51.1 Å². The van der Waals surface area contributed by atoms with E-state index in [0.29, 0.717) is 12.0 Å². The van der Waals surface area contributed by atoms with Crippen LogP contribution in [0.1, 0.15) is 58.4 Å². The molecular formula is C20H31NO. The summed E-state index contributed by atoms with van der Waals surface area (Å²) in [7, 11) is 0. The summed E-state index contributed by atoms with van der Waals surface area (Å²) in [5.74, 6) is 0.578. The lowest BCUT2D eigenvalue weighted by Gasteiger charge is -2.52. The van der Waals surface area contributed by atoms with Gasteiger partial charge in [-0.25, -0.2) is 0 Å². The molecule has 2 nitrogen and oxygen atoms in total. The molecule has 0 aromatic heterocycles. The highest BCUT2D eigenvalue weighted by atomic mass is 16.3. The van der Waals surface area contributed by atoms with Crippen LogP contribution >= 0.6 is 0 Å². The Balaban J connectivity index is 1.69. The molecule has 0 saturated carbocycles. The first-order chi connectivity index (χ1) is 10.4. The van der Waals surface area contributed by atoms with Crippen LogP contribution in [0.5, 0.6) is 0 Å². The van der Waals surface area contributed by atoms with E-state index in [1.54, 1.807) is 0 Å². The van der Waals surface area contributed by atoms with Crippen LogP contribution in [0.2, 0.25) is 0 Å². The normalized spacial score (nSPS) is 36.3. The molecule has 1 N–H and O–H groups in total. The Bertz CT molecular complexity index is 500. The monoisotopic (exact) mass is 301 g/mol. The number of piperidine rings is 2. The third kappa shape index (κ3) is 3.23. The van der Waals surface area contributed by atoms with Gasteiger partial charge in [0.15, 0.2) is 0 Å². The second kappa shape index (κ2) is 5.98. The van der Waals surface area contributed by atoms with Gasteiger partial charge in [0.1, 0.15) is 0 Å². The zero-order chi connectivity index (χ0) is 15.8. The van der Waals surface area contributed by atoms with Crippen LogP contribution in [0.15, 0.2) is 30.3 Å². The molecule has 0 aliphatic carbocycles. The third-order valence-electron chi connectivity index (χ3n) is 5.84. The second-order valence-corrected chi connectivity index (χ2v) is 8.37. The molecule has 2 fully saturated rings. The summed E-state index contributed by atoms with van der Waals surface area (Å²) in [5, 5.41) is 10.9. The number of nitrogens with zero attached hydrogens (tertiary/aromatic N) is 1. The highest BCUT2D eigenvalue weighted by Crippen LogP contribution is 2.42. The average Bonchev–Trinajstić information content (AvgIpc) is 2.48. The van der Waals surface area contributed by atoms with Crippen LogP contribution < -0.4 is 0 Å². The fourth-order valence-corrected chi connectivity index (χ4v) is 4.73. The van der Waals surface area contributed by atoms with Gasteiger partial charge in [0.2, 0.25) is 0 Å². The van der Waals surface area contributed by atoms with E-state index in [-0.39, 0.29) is 5.41 Å². The Morgan fingerprint density at radius 2 is 1.95 bits per heavy atom. The third-order valence-corrected chi connectivity index (χ3v) is 5.84. The van der Waals surface area contributed by atoms with Gasteiger partial charge >= 0.3 is 0 Å². The van der Waals surface area contributed by atoms with Gasteiger partial charge in [0.05, 0.1) is 5.60 Å². The van der Waals surface area contributed by atoms with Crippen molar-refractivity contribution in [3.63, 3.8) is 0 Å². The predicted octanol–water partition coefficient (Wildman–Crippen LogP) is 3.98. The summed E-state index contributed by atoms with van der Waals surface area (Å²) in [6, 6.07) is 11.5. The standard InChI is InChI=1S/C20H31NO/c1-16(2)13-20(22)11-12-21-15-19(3,10-9-18(21)14-20)17-7-5-4-6-8-17/h4-8,16,18,22H,9-15H2,1-3H3. The topological polar surface area (TPSA) is 23.5 Å². The van der Waals surface area contributed by atoms with Gasteiger partial charge in [-0.15, -0.1) is 0 Å². The molecule has 3 unspecified atom stereocenters. The van der Waals surface area contributed by atoms with Gasteiger partial charge in [-0.2, -0.15) is 0 Å². The average molecular weight is 301 g/mol. The molecule has 1 aromatic rings. The number of aliphatic hydroxyl groups is 1. The van der Waals surface area contributed by atoms with Crippen LogP contribution in [0.4, 0.5) is 0 Å². The molecule has 0 bridgehead atoms. The predicted molar refractivity (Wildman–Crippen MR) is 92.0 cm³/mol. The maximum atomic E-state index is 10.9. The minimum Gasteiger partial charge on any atom is -0.390 e. The molecule has 22 heavy (non-hydrogen) atoms. The molecule has 2 saturated heterocycles. The highest BCUT2D eigenvalue weighted by molar-refractivity contribution is 5.26. The van der Waals surface area contributed by atoms with Crippen molar-refractivity contribution in [1.82, 2.24) is 4.90 Å².